The van der Waals surface area contributed by atoms with Gasteiger partial charge < -0.3 is 0 Å². The zero-order chi connectivity index (χ0) is 13.8. The van der Waals surface area contributed by atoms with Gasteiger partial charge >= 0.3 is 0 Å². The van der Waals surface area contributed by atoms with Crippen molar-refractivity contribution in [3.8, 4) is 22.9 Å². The van der Waals surface area contributed by atoms with Crippen LogP contribution in [0, 0.1) is 22.9 Å². The molecule has 0 radical (unpaired) electrons. The average molecular weight is 275 g/mol. The molecule has 1 saturated carbocycles. The maximum atomic E-state index is 3.62. The number of unbranched alkanes of at least 4 members (excludes halogenated alkanes) is 4. The molecule has 0 aromatic heterocycles. The van der Waals surface area contributed by atoms with Crippen molar-refractivity contribution in [2.45, 2.75) is 90.0 Å². The molecule has 0 heterocycles. The molecule has 0 aromatic carbocycles. The number of hydrogen-bond acceptors (Lipinski definition) is 0. The molecule has 0 saturated heterocycles. The summed E-state index contributed by atoms with van der Waals surface area (Å²) in [5, 5.41) is 0. The molecule has 106 valence electrons. The van der Waals surface area contributed by atoms with Crippen LogP contribution in [0.25, 0.3) is 0 Å². The van der Waals surface area contributed by atoms with Gasteiger partial charge in [-0.2, -0.15) is 0 Å². The minimum atomic E-state index is -1.12. The van der Waals surface area contributed by atoms with E-state index < -0.39 is 8.80 Å². The van der Waals surface area contributed by atoms with E-state index in [1.54, 1.807) is 0 Å². The molecule has 0 aliphatic heterocycles. The van der Waals surface area contributed by atoms with E-state index in [1.807, 2.05) is 0 Å². The Morgan fingerprint density at radius 2 is 1.37 bits per heavy atom. The van der Waals surface area contributed by atoms with Gasteiger partial charge in [0.15, 0.2) is 0 Å². The van der Waals surface area contributed by atoms with Crippen molar-refractivity contribution in [3.63, 3.8) is 0 Å². The lowest BCUT2D eigenvalue weighted by molar-refractivity contribution is 0.500. The van der Waals surface area contributed by atoms with Crippen LogP contribution in [-0.4, -0.2) is 8.80 Å². The van der Waals surface area contributed by atoms with Crippen molar-refractivity contribution in [1.82, 2.24) is 0 Å². The van der Waals surface area contributed by atoms with Gasteiger partial charge in [-0.3, -0.25) is 0 Å². The molecule has 1 rings (SSSR count). The normalized spacial score (nSPS) is 15.5. The molecule has 1 heteroatoms. The molecule has 19 heavy (non-hydrogen) atoms. The lowest BCUT2D eigenvalue weighted by Gasteiger charge is -2.22. The largest absolute Gasteiger partial charge is 0.205 e. The van der Waals surface area contributed by atoms with Crippen LogP contribution in [0.3, 0.4) is 0 Å². The zero-order valence-electron chi connectivity index (χ0n) is 12.9. The third-order valence-electron chi connectivity index (χ3n) is 3.95. The summed E-state index contributed by atoms with van der Waals surface area (Å²) in [6.45, 7) is 4.48. The van der Waals surface area contributed by atoms with Gasteiger partial charge in [0, 0.05) is 12.8 Å². The van der Waals surface area contributed by atoms with Crippen molar-refractivity contribution < 1.29 is 0 Å². The van der Waals surface area contributed by atoms with Crippen molar-refractivity contribution >= 4 is 8.80 Å². The van der Waals surface area contributed by atoms with Crippen LogP contribution in [0.5, 0.6) is 0 Å². The monoisotopic (exact) mass is 274 g/mol. The summed E-state index contributed by atoms with van der Waals surface area (Å²) in [6.07, 6.45) is 14.3. The fourth-order valence-electron chi connectivity index (χ4n) is 2.63. The van der Waals surface area contributed by atoms with Gasteiger partial charge in [-0.05, 0) is 18.4 Å². The van der Waals surface area contributed by atoms with E-state index in [9.17, 15) is 0 Å². The highest BCUT2D eigenvalue weighted by atomic mass is 28.3. The first-order valence-electron chi connectivity index (χ1n) is 8.35. The van der Waals surface area contributed by atoms with Gasteiger partial charge in [-0.15, -0.1) is 22.9 Å². The van der Waals surface area contributed by atoms with Crippen LogP contribution in [0.15, 0.2) is 0 Å². The standard InChI is InChI=1S/C18H30Si/c1-3-5-7-12-16-19(17-13-8-6-4-2)18-14-10-9-11-15-18/h18-19H,3-11,14-15H2,1-2H3. The lowest BCUT2D eigenvalue weighted by atomic mass is 10.0. The molecule has 0 aromatic rings. The molecule has 1 fully saturated rings. The van der Waals surface area contributed by atoms with E-state index in [-0.39, 0.29) is 0 Å². The van der Waals surface area contributed by atoms with E-state index in [0.717, 1.165) is 18.4 Å². The SMILES string of the molecule is CCCCC#C[SiH](C#CCCCC)C1CCCCC1. The van der Waals surface area contributed by atoms with Gasteiger partial charge in [-0.25, -0.2) is 0 Å². The average Bonchev–Trinajstić information content (AvgIpc) is 2.46. The molecule has 0 bridgehead atoms. The first-order valence-corrected chi connectivity index (χ1v) is 10.2. The van der Waals surface area contributed by atoms with Gasteiger partial charge in [0.05, 0.1) is 0 Å². The summed E-state index contributed by atoms with van der Waals surface area (Å²) < 4.78 is 0. The summed E-state index contributed by atoms with van der Waals surface area (Å²) >= 11 is 0. The van der Waals surface area contributed by atoms with E-state index in [0.29, 0.717) is 0 Å². The highest BCUT2D eigenvalue weighted by Crippen LogP contribution is 2.30. The molecule has 0 amide bonds. The molecule has 0 N–H and O–H groups in total. The molecular weight excluding hydrogens is 244 g/mol. The topological polar surface area (TPSA) is 0 Å². The number of rotatable bonds is 5. The Kier molecular flexibility index (Phi) is 9.65. The van der Waals surface area contributed by atoms with Crippen LogP contribution < -0.4 is 0 Å². The Balaban J connectivity index is 2.53. The molecule has 1 aliphatic carbocycles. The second kappa shape index (κ2) is 11.2. The van der Waals surface area contributed by atoms with Crippen molar-refractivity contribution in [2.75, 3.05) is 0 Å². The Morgan fingerprint density at radius 3 is 1.84 bits per heavy atom. The van der Waals surface area contributed by atoms with Crippen molar-refractivity contribution in [2.24, 2.45) is 0 Å². The second-order valence-electron chi connectivity index (χ2n) is 5.73. The maximum absolute atomic E-state index is 3.62. The summed E-state index contributed by atoms with van der Waals surface area (Å²) in [5.41, 5.74) is 8.12. The first kappa shape index (κ1) is 16.4. The number of hydrogen-bond donors (Lipinski definition) is 0. The molecule has 0 spiro atoms. The molecule has 0 unspecified atom stereocenters. The van der Waals surface area contributed by atoms with E-state index in [4.69, 9.17) is 0 Å². The van der Waals surface area contributed by atoms with Crippen LogP contribution in [0.2, 0.25) is 5.54 Å². The Bertz CT molecular complexity index is 304. The lowest BCUT2D eigenvalue weighted by Crippen LogP contribution is -2.20. The minimum absolute atomic E-state index is 0.886. The van der Waals surface area contributed by atoms with Crippen LogP contribution >= 0.6 is 0 Å². The third kappa shape index (κ3) is 7.49. The molecule has 0 atom stereocenters. The predicted octanol–water partition coefficient (Wildman–Crippen LogP) is 5.01. The third-order valence-corrected chi connectivity index (χ3v) is 6.59. The van der Waals surface area contributed by atoms with Crippen LogP contribution in [-0.2, 0) is 0 Å². The zero-order valence-corrected chi connectivity index (χ0v) is 14.1. The smallest absolute Gasteiger partial charge is 0.119 e. The first-order chi connectivity index (χ1) is 9.38. The minimum Gasteiger partial charge on any atom is -0.119 e. The van der Waals surface area contributed by atoms with Gasteiger partial charge in [0.1, 0.15) is 0 Å². The predicted molar refractivity (Wildman–Crippen MR) is 88.6 cm³/mol. The summed E-state index contributed by atoms with van der Waals surface area (Å²) in [6, 6.07) is 0. The fourth-order valence-corrected chi connectivity index (χ4v) is 5.04. The van der Waals surface area contributed by atoms with E-state index in [1.165, 1.54) is 57.8 Å². The highest BCUT2D eigenvalue weighted by molar-refractivity contribution is 6.76. The van der Waals surface area contributed by atoms with Crippen molar-refractivity contribution in [3.05, 3.63) is 0 Å². The molecule has 1 aliphatic rings. The van der Waals surface area contributed by atoms with Gasteiger partial charge in [-0.1, -0.05) is 58.8 Å². The van der Waals surface area contributed by atoms with Gasteiger partial charge in [0.2, 0.25) is 8.80 Å². The van der Waals surface area contributed by atoms with E-state index >= 15 is 0 Å². The van der Waals surface area contributed by atoms with Crippen LogP contribution in [0.1, 0.15) is 84.5 Å². The summed E-state index contributed by atoms with van der Waals surface area (Å²) in [5.74, 6) is 6.87. The van der Waals surface area contributed by atoms with Crippen molar-refractivity contribution in [1.29, 1.82) is 0 Å². The maximum Gasteiger partial charge on any atom is 0.205 e. The molecular formula is C18H30Si. The van der Waals surface area contributed by atoms with Crippen LogP contribution in [0.4, 0.5) is 0 Å². The fraction of sp³-hybridized carbons (Fsp3) is 0.778. The Morgan fingerprint density at radius 1 is 0.842 bits per heavy atom. The van der Waals surface area contributed by atoms with E-state index in [2.05, 4.69) is 36.8 Å². The van der Waals surface area contributed by atoms with Gasteiger partial charge in [0.25, 0.3) is 0 Å². The summed E-state index contributed by atoms with van der Waals surface area (Å²) in [4.78, 5) is 0. The molecule has 0 nitrogen and oxygen atoms in total. The highest BCUT2D eigenvalue weighted by Gasteiger charge is 2.22. The summed E-state index contributed by atoms with van der Waals surface area (Å²) in [7, 11) is -1.12. The quantitative estimate of drug-likeness (QED) is 0.375. The second-order valence-corrected chi connectivity index (χ2v) is 8.20. The Hall–Kier alpha value is -0.663. The Labute approximate surface area is 122 Å².